The Balaban J connectivity index is 3.63. The monoisotopic (exact) mass is 293 g/mol. The van der Waals surface area contributed by atoms with Gasteiger partial charge in [-0.1, -0.05) is 6.07 Å². The summed E-state index contributed by atoms with van der Waals surface area (Å²) in [7, 11) is 0. The average Bonchev–Trinajstić information content (AvgIpc) is 2.35. The molecular weight excluding hydrogens is 285 g/mol. The Morgan fingerprint density at radius 3 is 2.40 bits per heavy atom. The quantitative estimate of drug-likeness (QED) is 0.631. The predicted molar refractivity (Wildman–Crippen MR) is 57.1 cm³/mol. The van der Waals surface area contributed by atoms with Crippen LogP contribution in [0.2, 0.25) is 0 Å². The molecule has 0 unspecified atom stereocenters. The molecule has 0 amide bonds. The van der Waals surface area contributed by atoms with Crippen molar-refractivity contribution < 1.29 is 31.5 Å². The molecule has 0 N–H and O–H groups in total. The molecule has 0 spiro atoms. The van der Waals surface area contributed by atoms with Crippen molar-refractivity contribution in [2.45, 2.75) is 19.5 Å². The number of carbonyl (C=O) groups excluding carboxylic acids is 1. The molecule has 0 bridgehead atoms. The van der Waals surface area contributed by atoms with Gasteiger partial charge >= 0.3 is 12.1 Å². The standard InChI is InChI=1S/C12H8F5NO2/c1-2-20-11(19)6-3-4-7(10(13)14)9(8(6)5-18)12(15,16)17/h3-4,10H,2H2,1H3. The third-order valence-corrected chi connectivity index (χ3v) is 2.36. The van der Waals surface area contributed by atoms with Crippen LogP contribution in [-0.2, 0) is 10.9 Å². The van der Waals surface area contributed by atoms with Crippen LogP contribution in [0.25, 0.3) is 0 Å². The van der Waals surface area contributed by atoms with Gasteiger partial charge in [0.25, 0.3) is 6.43 Å². The summed E-state index contributed by atoms with van der Waals surface area (Å²) in [5, 5.41) is 8.78. The Kier molecular flexibility index (Phi) is 4.65. The van der Waals surface area contributed by atoms with E-state index in [0.29, 0.717) is 6.07 Å². The molecule has 3 nitrogen and oxygen atoms in total. The number of alkyl halides is 5. The van der Waals surface area contributed by atoms with E-state index in [0.717, 1.165) is 12.1 Å². The van der Waals surface area contributed by atoms with Crippen LogP contribution >= 0.6 is 0 Å². The van der Waals surface area contributed by atoms with Crippen LogP contribution in [0.4, 0.5) is 22.0 Å². The lowest BCUT2D eigenvalue weighted by molar-refractivity contribution is -0.139. The number of rotatable bonds is 3. The summed E-state index contributed by atoms with van der Waals surface area (Å²) >= 11 is 0. The van der Waals surface area contributed by atoms with Gasteiger partial charge in [-0.05, 0) is 13.0 Å². The molecule has 0 atom stereocenters. The Bertz CT molecular complexity index is 560. The Hall–Kier alpha value is -2.17. The van der Waals surface area contributed by atoms with Crippen LogP contribution in [0.5, 0.6) is 0 Å². The Morgan fingerprint density at radius 2 is 2.00 bits per heavy atom. The molecule has 0 saturated carbocycles. The number of benzene rings is 1. The minimum atomic E-state index is -5.18. The highest BCUT2D eigenvalue weighted by molar-refractivity contribution is 5.93. The van der Waals surface area contributed by atoms with Crippen LogP contribution in [-0.4, -0.2) is 12.6 Å². The first-order valence-corrected chi connectivity index (χ1v) is 5.33. The van der Waals surface area contributed by atoms with Gasteiger partial charge in [0.2, 0.25) is 0 Å². The topological polar surface area (TPSA) is 50.1 Å². The zero-order valence-electron chi connectivity index (χ0n) is 10.1. The van der Waals surface area contributed by atoms with Gasteiger partial charge in [-0.25, -0.2) is 13.6 Å². The van der Waals surface area contributed by atoms with Gasteiger partial charge in [0.1, 0.15) is 6.07 Å². The molecule has 1 aromatic carbocycles. The lowest BCUT2D eigenvalue weighted by Crippen LogP contribution is -2.17. The molecule has 0 aliphatic rings. The Labute approximate surface area is 110 Å². The fourth-order valence-corrected chi connectivity index (χ4v) is 1.60. The van der Waals surface area contributed by atoms with Gasteiger partial charge < -0.3 is 4.74 Å². The van der Waals surface area contributed by atoms with Crippen LogP contribution in [0.15, 0.2) is 12.1 Å². The van der Waals surface area contributed by atoms with Crippen LogP contribution in [0.1, 0.15) is 40.4 Å². The van der Waals surface area contributed by atoms with E-state index in [-0.39, 0.29) is 6.61 Å². The molecule has 1 rings (SSSR count). The van der Waals surface area contributed by atoms with Crippen molar-refractivity contribution in [3.63, 3.8) is 0 Å². The maximum Gasteiger partial charge on any atom is 0.418 e. The molecule has 0 fully saturated rings. The van der Waals surface area contributed by atoms with Crippen molar-refractivity contribution in [2.75, 3.05) is 6.61 Å². The normalized spacial score (nSPS) is 11.3. The van der Waals surface area contributed by atoms with E-state index in [9.17, 15) is 26.7 Å². The highest BCUT2D eigenvalue weighted by atomic mass is 19.4. The second kappa shape index (κ2) is 5.86. The lowest BCUT2D eigenvalue weighted by Gasteiger charge is -2.16. The lowest BCUT2D eigenvalue weighted by atomic mass is 9.96. The van der Waals surface area contributed by atoms with Crippen LogP contribution in [0.3, 0.4) is 0 Å². The van der Waals surface area contributed by atoms with Crippen molar-refractivity contribution in [3.8, 4) is 6.07 Å². The van der Waals surface area contributed by atoms with Gasteiger partial charge in [0.15, 0.2) is 0 Å². The third-order valence-electron chi connectivity index (χ3n) is 2.36. The Morgan fingerprint density at radius 1 is 1.40 bits per heavy atom. The fourth-order valence-electron chi connectivity index (χ4n) is 1.60. The van der Waals surface area contributed by atoms with Crippen molar-refractivity contribution in [1.82, 2.24) is 0 Å². The van der Waals surface area contributed by atoms with E-state index in [1.165, 1.54) is 6.92 Å². The smallest absolute Gasteiger partial charge is 0.418 e. The van der Waals surface area contributed by atoms with E-state index in [4.69, 9.17) is 5.26 Å². The predicted octanol–water partition coefficient (Wildman–Crippen LogP) is 3.69. The average molecular weight is 293 g/mol. The number of esters is 1. The molecular formula is C12H8F5NO2. The van der Waals surface area contributed by atoms with Gasteiger partial charge in [-0.3, -0.25) is 0 Å². The van der Waals surface area contributed by atoms with Gasteiger partial charge in [-0.2, -0.15) is 18.4 Å². The molecule has 0 aromatic heterocycles. The minimum absolute atomic E-state index is 0.123. The van der Waals surface area contributed by atoms with Gasteiger partial charge in [0.05, 0.1) is 23.3 Å². The minimum Gasteiger partial charge on any atom is -0.462 e. The first kappa shape index (κ1) is 15.9. The van der Waals surface area contributed by atoms with E-state index in [2.05, 4.69) is 4.74 Å². The molecule has 0 saturated heterocycles. The largest absolute Gasteiger partial charge is 0.462 e. The number of ether oxygens (including phenoxy) is 1. The number of nitriles is 1. The summed E-state index contributed by atoms with van der Waals surface area (Å²) < 4.78 is 68.3. The second-order valence-corrected chi connectivity index (χ2v) is 3.58. The van der Waals surface area contributed by atoms with Crippen LogP contribution < -0.4 is 0 Å². The maximum absolute atomic E-state index is 12.8. The zero-order valence-corrected chi connectivity index (χ0v) is 10.1. The second-order valence-electron chi connectivity index (χ2n) is 3.58. The van der Waals surface area contributed by atoms with E-state index in [1.807, 2.05) is 0 Å². The van der Waals surface area contributed by atoms with Gasteiger partial charge in [-0.15, -0.1) is 0 Å². The number of carbonyl (C=O) groups is 1. The summed E-state index contributed by atoms with van der Waals surface area (Å²) in [5.41, 5.74) is -5.00. The number of hydrogen-bond donors (Lipinski definition) is 0. The highest BCUT2D eigenvalue weighted by Crippen LogP contribution is 2.39. The van der Waals surface area contributed by atoms with Crippen molar-refractivity contribution in [2.24, 2.45) is 0 Å². The molecule has 108 valence electrons. The van der Waals surface area contributed by atoms with Crippen molar-refractivity contribution >= 4 is 5.97 Å². The molecule has 8 heteroatoms. The zero-order chi connectivity index (χ0) is 15.5. The summed E-state index contributed by atoms with van der Waals surface area (Å²) in [6, 6.07) is 2.35. The van der Waals surface area contributed by atoms with E-state index < -0.39 is 40.8 Å². The molecule has 1 aromatic rings. The molecule has 0 aliphatic carbocycles. The molecule has 0 radical (unpaired) electrons. The number of hydrogen-bond acceptors (Lipinski definition) is 3. The highest BCUT2D eigenvalue weighted by Gasteiger charge is 2.40. The van der Waals surface area contributed by atoms with E-state index >= 15 is 0 Å². The first-order valence-electron chi connectivity index (χ1n) is 5.33. The summed E-state index contributed by atoms with van der Waals surface area (Å²) in [4.78, 5) is 11.5. The van der Waals surface area contributed by atoms with Gasteiger partial charge in [0, 0.05) is 5.56 Å². The van der Waals surface area contributed by atoms with E-state index in [1.54, 1.807) is 0 Å². The fraction of sp³-hybridized carbons (Fsp3) is 0.333. The third kappa shape index (κ3) is 3.04. The SMILES string of the molecule is CCOC(=O)c1ccc(C(F)F)c(C(F)(F)F)c1C#N. The number of nitrogens with zero attached hydrogens (tertiary/aromatic N) is 1. The first-order chi connectivity index (χ1) is 9.23. The summed E-state index contributed by atoms with van der Waals surface area (Å²) in [6.07, 6.45) is -8.60. The summed E-state index contributed by atoms with van der Waals surface area (Å²) in [6.45, 7) is 1.30. The molecule has 20 heavy (non-hydrogen) atoms. The maximum atomic E-state index is 12.8. The number of halogens is 5. The molecule has 0 heterocycles. The van der Waals surface area contributed by atoms with Crippen LogP contribution in [0, 0.1) is 11.3 Å². The summed E-state index contributed by atoms with van der Waals surface area (Å²) in [5.74, 6) is -1.17. The van der Waals surface area contributed by atoms with Crippen molar-refractivity contribution in [3.05, 3.63) is 34.4 Å². The van der Waals surface area contributed by atoms with Crippen molar-refractivity contribution in [1.29, 1.82) is 5.26 Å². The molecule has 0 aliphatic heterocycles.